The van der Waals surface area contributed by atoms with E-state index in [-0.39, 0.29) is 23.8 Å². The van der Waals surface area contributed by atoms with Gasteiger partial charge < -0.3 is 9.73 Å². The number of aromatic nitrogens is 1. The Morgan fingerprint density at radius 2 is 2.07 bits per heavy atom. The number of fused-ring (bicyclic) bond motifs is 1. The Morgan fingerprint density at radius 1 is 1.25 bits per heavy atom. The fourth-order valence-corrected chi connectivity index (χ4v) is 3.02. The maximum atomic E-state index is 12.6. The zero-order valence-electron chi connectivity index (χ0n) is 14.1. The summed E-state index contributed by atoms with van der Waals surface area (Å²) in [6.07, 6.45) is -4.42. The average molecular weight is 425 g/mol. The third kappa shape index (κ3) is 5.44. The van der Waals surface area contributed by atoms with Crippen LogP contribution in [-0.4, -0.2) is 23.2 Å². The first-order valence-corrected chi connectivity index (χ1v) is 9.29. The van der Waals surface area contributed by atoms with Crippen molar-refractivity contribution in [1.29, 1.82) is 0 Å². The molecule has 3 aromatic rings. The molecule has 0 unspecified atom stereocenters. The summed E-state index contributed by atoms with van der Waals surface area (Å²) in [6.45, 7) is 0.0127. The third-order valence-electron chi connectivity index (χ3n) is 3.45. The van der Waals surface area contributed by atoms with Gasteiger partial charge in [0.25, 0.3) is 5.22 Å². The SMILES string of the molecule is O=C(CSc1nc2cc(Cl)ccc2o1)NCC#Cc1cccc(C(F)(F)F)c1. The highest BCUT2D eigenvalue weighted by Gasteiger charge is 2.30. The topological polar surface area (TPSA) is 55.1 Å². The second-order valence-corrected chi connectivity index (χ2v) is 6.90. The number of nitrogens with one attached hydrogen (secondary N) is 1. The van der Waals surface area contributed by atoms with E-state index in [1.54, 1.807) is 18.2 Å². The minimum absolute atomic E-state index is 0.0127. The van der Waals surface area contributed by atoms with Gasteiger partial charge in [-0.15, -0.1) is 0 Å². The largest absolute Gasteiger partial charge is 0.431 e. The maximum Gasteiger partial charge on any atom is 0.416 e. The Bertz CT molecular complexity index is 1070. The highest BCUT2D eigenvalue weighted by molar-refractivity contribution is 7.99. The molecule has 0 fully saturated rings. The van der Waals surface area contributed by atoms with E-state index in [1.807, 2.05) is 0 Å². The molecular formula is C19H12ClF3N2O2S. The number of carbonyl (C=O) groups is 1. The highest BCUT2D eigenvalue weighted by Crippen LogP contribution is 2.29. The van der Waals surface area contributed by atoms with Crippen LogP contribution in [0.15, 0.2) is 52.1 Å². The summed E-state index contributed by atoms with van der Waals surface area (Å²) < 4.78 is 43.4. The molecule has 0 saturated heterocycles. The van der Waals surface area contributed by atoms with Crippen LogP contribution >= 0.6 is 23.4 Å². The van der Waals surface area contributed by atoms with Crippen LogP contribution in [-0.2, 0) is 11.0 Å². The summed E-state index contributed by atoms with van der Waals surface area (Å²) in [5, 5.41) is 3.44. The van der Waals surface area contributed by atoms with Gasteiger partial charge in [0.15, 0.2) is 5.58 Å². The summed E-state index contributed by atoms with van der Waals surface area (Å²) in [7, 11) is 0. The number of hydrogen-bond donors (Lipinski definition) is 1. The van der Waals surface area contributed by atoms with Crippen molar-refractivity contribution in [2.45, 2.75) is 11.4 Å². The van der Waals surface area contributed by atoms with Crippen LogP contribution in [0.25, 0.3) is 11.1 Å². The molecule has 0 aliphatic heterocycles. The number of rotatable bonds is 4. The minimum Gasteiger partial charge on any atom is -0.431 e. The zero-order valence-corrected chi connectivity index (χ0v) is 15.7. The second-order valence-electron chi connectivity index (χ2n) is 5.54. The van der Waals surface area contributed by atoms with Crippen LogP contribution in [0.1, 0.15) is 11.1 Å². The van der Waals surface area contributed by atoms with Crippen LogP contribution in [0.4, 0.5) is 13.2 Å². The number of oxazole rings is 1. The molecule has 0 radical (unpaired) electrons. The monoisotopic (exact) mass is 424 g/mol. The molecule has 0 saturated carbocycles. The fourth-order valence-electron chi connectivity index (χ4n) is 2.18. The second kappa shape index (κ2) is 8.59. The number of alkyl halides is 3. The van der Waals surface area contributed by atoms with Crippen molar-refractivity contribution in [3.8, 4) is 11.8 Å². The summed E-state index contributed by atoms with van der Waals surface area (Å²) >= 11 is 6.99. The molecule has 9 heteroatoms. The molecule has 2 aromatic carbocycles. The number of thioether (sulfide) groups is 1. The predicted molar refractivity (Wildman–Crippen MR) is 101 cm³/mol. The first-order valence-electron chi connectivity index (χ1n) is 7.93. The lowest BCUT2D eigenvalue weighted by Crippen LogP contribution is -2.25. The standard InChI is InChI=1S/C19H12ClF3N2O2S/c20-14-6-7-16-15(10-14)25-18(27-16)28-11-17(26)24-8-2-4-12-3-1-5-13(9-12)19(21,22)23/h1,3,5-7,9-10H,8,11H2,(H,24,26). The normalized spacial score (nSPS) is 11.1. The van der Waals surface area contributed by atoms with Crippen LogP contribution in [0, 0.1) is 11.8 Å². The Hall–Kier alpha value is -2.63. The van der Waals surface area contributed by atoms with Gasteiger partial charge in [0, 0.05) is 10.6 Å². The molecule has 0 aliphatic rings. The number of nitrogens with zero attached hydrogens (tertiary/aromatic N) is 1. The smallest absolute Gasteiger partial charge is 0.416 e. The van der Waals surface area contributed by atoms with Crippen molar-refractivity contribution < 1.29 is 22.4 Å². The van der Waals surface area contributed by atoms with E-state index in [4.69, 9.17) is 16.0 Å². The number of carbonyl (C=O) groups excluding carboxylic acids is 1. The van der Waals surface area contributed by atoms with Crippen molar-refractivity contribution in [2.24, 2.45) is 0 Å². The van der Waals surface area contributed by atoms with E-state index in [0.29, 0.717) is 21.3 Å². The molecule has 4 nitrogen and oxygen atoms in total. The number of benzene rings is 2. The van der Waals surface area contributed by atoms with Crippen LogP contribution in [0.2, 0.25) is 5.02 Å². The zero-order chi connectivity index (χ0) is 20.1. The molecule has 1 aromatic heterocycles. The molecular weight excluding hydrogens is 413 g/mol. The van der Waals surface area contributed by atoms with Gasteiger partial charge in [-0.3, -0.25) is 4.79 Å². The van der Waals surface area contributed by atoms with Gasteiger partial charge in [-0.05, 0) is 36.4 Å². The van der Waals surface area contributed by atoms with Crippen molar-refractivity contribution in [3.05, 3.63) is 58.6 Å². The maximum absolute atomic E-state index is 12.6. The van der Waals surface area contributed by atoms with Crippen LogP contribution in [0.3, 0.4) is 0 Å². The Balaban J connectivity index is 1.49. The van der Waals surface area contributed by atoms with Gasteiger partial charge in [-0.2, -0.15) is 13.2 Å². The number of hydrogen-bond acceptors (Lipinski definition) is 4. The van der Waals surface area contributed by atoms with Crippen LogP contribution in [0.5, 0.6) is 0 Å². The molecule has 0 aliphatic carbocycles. The average Bonchev–Trinajstić information content (AvgIpc) is 3.05. The summed E-state index contributed by atoms with van der Waals surface area (Å²) in [5.74, 6) is 4.98. The molecule has 1 heterocycles. The van der Waals surface area contributed by atoms with Crippen molar-refractivity contribution in [3.63, 3.8) is 0 Å². The van der Waals surface area contributed by atoms with Crippen LogP contribution < -0.4 is 5.32 Å². The van der Waals surface area contributed by atoms with Gasteiger partial charge in [0.2, 0.25) is 5.91 Å². The lowest BCUT2D eigenvalue weighted by molar-refractivity contribution is -0.137. The lowest BCUT2D eigenvalue weighted by atomic mass is 10.1. The summed E-state index contributed by atoms with van der Waals surface area (Å²) in [6, 6.07) is 9.73. The number of amides is 1. The van der Waals surface area contributed by atoms with Gasteiger partial charge in [0.1, 0.15) is 5.52 Å². The Morgan fingerprint density at radius 3 is 2.86 bits per heavy atom. The lowest BCUT2D eigenvalue weighted by Gasteiger charge is -2.05. The van der Waals surface area contributed by atoms with E-state index in [1.165, 1.54) is 12.1 Å². The Kier molecular flexibility index (Phi) is 6.17. The molecule has 3 rings (SSSR count). The molecule has 28 heavy (non-hydrogen) atoms. The molecule has 1 amide bonds. The third-order valence-corrected chi connectivity index (χ3v) is 4.52. The highest BCUT2D eigenvalue weighted by atomic mass is 35.5. The first kappa shape index (κ1) is 20.1. The summed E-state index contributed by atoms with van der Waals surface area (Å²) in [4.78, 5) is 16.1. The van der Waals surface area contributed by atoms with E-state index >= 15 is 0 Å². The Labute approximate surface area is 167 Å². The molecule has 1 N–H and O–H groups in total. The molecule has 0 bridgehead atoms. The van der Waals surface area contributed by atoms with Crippen molar-refractivity contribution in [1.82, 2.24) is 10.3 Å². The van der Waals surface area contributed by atoms with E-state index in [0.717, 1.165) is 23.9 Å². The molecule has 0 atom stereocenters. The molecule has 144 valence electrons. The molecule has 0 spiro atoms. The quantitative estimate of drug-likeness (QED) is 0.484. The van der Waals surface area contributed by atoms with Gasteiger partial charge in [0.05, 0.1) is 17.9 Å². The summed E-state index contributed by atoms with van der Waals surface area (Å²) in [5.41, 5.74) is 0.629. The van der Waals surface area contributed by atoms with Gasteiger partial charge in [-0.1, -0.05) is 41.3 Å². The first-order chi connectivity index (χ1) is 13.3. The number of halogens is 4. The van der Waals surface area contributed by atoms with Gasteiger partial charge in [-0.25, -0.2) is 4.98 Å². The van der Waals surface area contributed by atoms with E-state index < -0.39 is 11.7 Å². The van der Waals surface area contributed by atoms with E-state index in [2.05, 4.69) is 22.1 Å². The van der Waals surface area contributed by atoms with Crippen molar-refractivity contribution in [2.75, 3.05) is 12.3 Å². The van der Waals surface area contributed by atoms with E-state index in [9.17, 15) is 18.0 Å². The van der Waals surface area contributed by atoms with Crippen molar-refractivity contribution >= 4 is 40.4 Å². The predicted octanol–water partition coefficient (Wildman–Crippen LogP) is 4.76. The van der Waals surface area contributed by atoms with Gasteiger partial charge >= 0.3 is 6.18 Å². The fraction of sp³-hybridized carbons (Fsp3) is 0.158. The minimum atomic E-state index is -4.42.